The molecular formula is C13H18N2. The fourth-order valence-electron chi connectivity index (χ4n) is 2.81. The molecule has 2 bridgehead atoms. The zero-order valence-corrected chi connectivity index (χ0v) is 9.02. The lowest BCUT2D eigenvalue weighted by molar-refractivity contribution is 0.0685. The molecule has 0 radical (unpaired) electrons. The fraction of sp³-hybridized carbons (Fsp3) is 0.538. The molecular weight excluding hydrogens is 184 g/mol. The zero-order valence-electron chi connectivity index (χ0n) is 9.02. The quantitative estimate of drug-likeness (QED) is 0.784. The molecule has 1 aromatic rings. The molecule has 3 heterocycles. The molecule has 2 heteroatoms. The van der Waals surface area contributed by atoms with Gasteiger partial charge in [0.05, 0.1) is 0 Å². The van der Waals surface area contributed by atoms with E-state index in [1.54, 1.807) is 0 Å². The van der Waals surface area contributed by atoms with Gasteiger partial charge in [-0.25, -0.2) is 0 Å². The summed E-state index contributed by atoms with van der Waals surface area (Å²) in [6, 6.07) is 12.3. The van der Waals surface area contributed by atoms with Crippen LogP contribution in [0.4, 0.5) is 0 Å². The first kappa shape index (κ1) is 9.37. The molecule has 4 rings (SSSR count). The van der Waals surface area contributed by atoms with Crippen molar-refractivity contribution in [2.24, 2.45) is 0 Å². The molecule has 80 valence electrons. The van der Waals surface area contributed by atoms with Crippen molar-refractivity contribution in [2.45, 2.75) is 31.5 Å². The molecule has 0 saturated carbocycles. The number of benzene rings is 1. The third-order valence-electron chi connectivity index (χ3n) is 3.69. The van der Waals surface area contributed by atoms with E-state index in [0.717, 1.165) is 18.6 Å². The van der Waals surface area contributed by atoms with E-state index in [4.69, 9.17) is 0 Å². The Morgan fingerprint density at radius 2 is 2.07 bits per heavy atom. The van der Waals surface area contributed by atoms with Gasteiger partial charge in [0.15, 0.2) is 0 Å². The molecule has 3 saturated heterocycles. The first-order chi connectivity index (χ1) is 7.42. The molecule has 3 aliphatic rings. The van der Waals surface area contributed by atoms with Gasteiger partial charge in [-0.2, -0.15) is 0 Å². The van der Waals surface area contributed by atoms with E-state index in [9.17, 15) is 0 Å². The van der Waals surface area contributed by atoms with Gasteiger partial charge < -0.3 is 5.32 Å². The van der Waals surface area contributed by atoms with Crippen LogP contribution in [0.2, 0.25) is 0 Å². The van der Waals surface area contributed by atoms with E-state index in [0.29, 0.717) is 0 Å². The highest BCUT2D eigenvalue weighted by Crippen LogP contribution is 2.23. The minimum Gasteiger partial charge on any atom is -0.311 e. The van der Waals surface area contributed by atoms with Gasteiger partial charge in [-0.1, -0.05) is 30.3 Å². The van der Waals surface area contributed by atoms with Crippen LogP contribution >= 0.6 is 0 Å². The molecule has 1 aromatic carbocycles. The number of fused-ring (bicyclic) bond motifs is 3. The first-order valence-electron chi connectivity index (χ1n) is 5.93. The molecule has 1 N–H and O–H groups in total. The number of nitrogens with zero attached hydrogens (tertiary/aromatic N) is 1. The van der Waals surface area contributed by atoms with Crippen molar-refractivity contribution in [3.8, 4) is 0 Å². The summed E-state index contributed by atoms with van der Waals surface area (Å²) in [5, 5.41) is 3.59. The summed E-state index contributed by atoms with van der Waals surface area (Å²) in [5.74, 6) is 0. The summed E-state index contributed by atoms with van der Waals surface area (Å²) >= 11 is 0. The summed E-state index contributed by atoms with van der Waals surface area (Å²) in [5.41, 5.74) is 1.45. The first-order valence-corrected chi connectivity index (χ1v) is 5.93. The smallest absolute Gasteiger partial charge is 0.0237 e. The topological polar surface area (TPSA) is 15.3 Å². The van der Waals surface area contributed by atoms with Crippen molar-refractivity contribution in [3.63, 3.8) is 0 Å². The fourth-order valence-corrected chi connectivity index (χ4v) is 2.81. The minimum atomic E-state index is 0.749. The van der Waals surface area contributed by atoms with E-state index >= 15 is 0 Å². The Labute approximate surface area is 91.3 Å². The second kappa shape index (κ2) is 3.95. The molecule has 2 unspecified atom stereocenters. The van der Waals surface area contributed by atoms with Gasteiger partial charge in [0.1, 0.15) is 0 Å². The molecule has 15 heavy (non-hydrogen) atoms. The number of hydrogen-bond acceptors (Lipinski definition) is 2. The number of piperidine rings is 2. The lowest BCUT2D eigenvalue weighted by Gasteiger charge is -2.46. The SMILES string of the molecule is c1ccc(CN2CC3CCC2CN3)cc1. The summed E-state index contributed by atoms with van der Waals surface area (Å²) in [6.45, 7) is 3.56. The average Bonchev–Trinajstić information content (AvgIpc) is 2.32. The number of nitrogens with one attached hydrogen (secondary N) is 1. The molecule has 0 amide bonds. The van der Waals surface area contributed by atoms with Gasteiger partial charge in [0, 0.05) is 31.7 Å². The normalized spacial score (nSPS) is 30.7. The maximum atomic E-state index is 3.59. The van der Waals surface area contributed by atoms with Crippen LogP contribution in [0.3, 0.4) is 0 Å². The Morgan fingerprint density at radius 3 is 2.67 bits per heavy atom. The van der Waals surface area contributed by atoms with Gasteiger partial charge in [0.2, 0.25) is 0 Å². The molecule has 2 atom stereocenters. The molecule has 0 spiro atoms. The van der Waals surface area contributed by atoms with Gasteiger partial charge in [0.25, 0.3) is 0 Å². The van der Waals surface area contributed by atoms with E-state index < -0.39 is 0 Å². The van der Waals surface area contributed by atoms with Gasteiger partial charge in [-0.05, 0) is 18.4 Å². The Bertz CT molecular complexity index is 315. The van der Waals surface area contributed by atoms with Crippen LogP contribution in [-0.2, 0) is 6.54 Å². The third kappa shape index (κ3) is 1.92. The largest absolute Gasteiger partial charge is 0.311 e. The van der Waals surface area contributed by atoms with Crippen LogP contribution in [0.25, 0.3) is 0 Å². The van der Waals surface area contributed by atoms with Crippen LogP contribution in [0, 0.1) is 0 Å². The van der Waals surface area contributed by atoms with Gasteiger partial charge in [-0.3, -0.25) is 4.90 Å². The lowest BCUT2D eigenvalue weighted by atomic mass is 9.92. The Hall–Kier alpha value is -0.860. The number of hydrogen-bond donors (Lipinski definition) is 1. The summed E-state index contributed by atoms with van der Waals surface area (Å²) in [7, 11) is 0. The zero-order chi connectivity index (χ0) is 10.1. The van der Waals surface area contributed by atoms with Crippen LogP contribution in [0.15, 0.2) is 30.3 Å². The van der Waals surface area contributed by atoms with E-state index in [2.05, 4.69) is 40.5 Å². The summed E-state index contributed by atoms with van der Waals surface area (Å²) < 4.78 is 0. The van der Waals surface area contributed by atoms with Crippen molar-refractivity contribution in [2.75, 3.05) is 13.1 Å². The standard InChI is InChI=1S/C13H18N2/c1-2-4-11(5-3-1)9-15-10-12-6-7-13(15)8-14-12/h1-5,12-14H,6-10H2. The minimum absolute atomic E-state index is 0.749. The molecule has 2 nitrogen and oxygen atoms in total. The maximum Gasteiger partial charge on any atom is 0.0237 e. The second-order valence-electron chi connectivity index (χ2n) is 4.75. The molecule has 0 aliphatic carbocycles. The summed E-state index contributed by atoms with van der Waals surface area (Å²) in [6.07, 6.45) is 2.75. The van der Waals surface area contributed by atoms with Gasteiger partial charge >= 0.3 is 0 Å². The number of piperazine rings is 1. The van der Waals surface area contributed by atoms with Crippen molar-refractivity contribution < 1.29 is 0 Å². The Morgan fingerprint density at radius 1 is 1.20 bits per heavy atom. The van der Waals surface area contributed by atoms with Crippen molar-refractivity contribution in [1.29, 1.82) is 0 Å². The maximum absolute atomic E-state index is 3.59. The van der Waals surface area contributed by atoms with Crippen molar-refractivity contribution in [3.05, 3.63) is 35.9 Å². The van der Waals surface area contributed by atoms with E-state index in [-0.39, 0.29) is 0 Å². The second-order valence-corrected chi connectivity index (χ2v) is 4.75. The highest BCUT2D eigenvalue weighted by Gasteiger charge is 2.32. The van der Waals surface area contributed by atoms with Crippen LogP contribution in [0.5, 0.6) is 0 Å². The van der Waals surface area contributed by atoms with Crippen molar-refractivity contribution in [1.82, 2.24) is 10.2 Å². The predicted molar refractivity (Wildman–Crippen MR) is 61.7 cm³/mol. The van der Waals surface area contributed by atoms with Crippen LogP contribution in [-0.4, -0.2) is 30.1 Å². The molecule has 3 aliphatic heterocycles. The third-order valence-corrected chi connectivity index (χ3v) is 3.69. The highest BCUT2D eigenvalue weighted by molar-refractivity contribution is 5.15. The Balaban J connectivity index is 1.69. The van der Waals surface area contributed by atoms with Gasteiger partial charge in [-0.15, -0.1) is 0 Å². The van der Waals surface area contributed by atoms with Crippen molar-refractivity contribution >= 4 is 0 Å². The average molecular weight is 202 g/mol. The van der Waals surface area contributed by atoms with Crippen LogP contribution in [0.1, 0.15) is 18.4 Å². The van der Waals surface area contributed by atoms with E-state index in [1.165, 1.54) is 31.5 Å². The monoisotopic (exact) mass is 202 g/mol. The predicted octanol–water partition coefficient (Wildman–Crippen LogP) is 1.62. The Kier molecular flexibility index (Phi) is 2.47. The van der Waals surface area contributed by atoms with Crippen LogP contribution < -0.4 is 5.32 Å². The van der Waals surface area contributed by atoms with E-state index in [1.807, 2.05) is 0 Å². The highest BCUT2D eigenvalue weighted by atomic mass is 15.2. The lowest BCUT2D eigenvalue weighted by Crippen LogP contribution is -2.60. The number of rotatable bonds is 2. The molecule has 3 fully saturated rings. The summed E-state index contributed by atoms with van der Waals surface area (Å²) in [4.78, 5) is 2.64. The molecule has 0 aromatic heterocycles.